The number of aryl methyl sites for hydroxylation is 2. The Hall–Kier alpha value is -3.88. The van der Waals surface area contributed by atoms with Gasteiger partial charge in [0, 0.05) is 26.1 Å². The van der Waals surface area contributed by atoms with Gasteiger partial charge in [-0.15, -0.1) is 39.8 Å². The molecule has 10 nitrogen and oxygen atoms in total. The Morgan fingerprint density at radius 3 is 2.56 bits per heavy atom. The number of hydrogen-bond donors (Lipinski definition) is 2. The van der Waals surface area contributed by atoms with Crippen molar-refractivity contribution in [1.29, 1.82) is 0 Å². The van der Waals surface area contributed by atoms with Crippen molar-refractivity contribution in [2.45, 2.75) is 51.8 Å². The lowest BCUT2D eigenvalue weighted by Gasteiger charge is -2.14. The SMILES string of the molecule is O=C(NCc1ccccc1)c1cn(CCCCc2nnc(CN(O)Cc3cccc(OC(F)(F)F)c3)s2)nn1. The summed E-state index contributed by atoms with van der Waals surface area (Å²) in [4.78, 5) is 12.3. The third-order valence-electron chi connectivity index (χ3n) is 5.42. The van der Waals surface area contributed by atoms with Crippen molar-refractivity contribution >= 4 is 17.2 Å². The van der Waals surface area contributed by atoms with Crippen LogP contribution in [0.3, 0.4) is 0 Å². The number of carbonyl (C=O) groups is 1. The minimum atomic E-state index is -4.78. The van der Waals surface area contributed by atoms with Gasteiger partial charge in [-0.25, -0.2) is 0 Å². The molecule has 0 aliphatic rings. The molecule has 4 rings (SSSR count). The van der Waals surface area contributed by atoms with Crippen molar-refractivity contribution in [3.8, 4) is 5.75 Å². The molecule has 206 valence electrons. The summed E-state index contributed by atoms with van der Waals surface area (Å²) in [5.41, 5.74) is 1.70. The first-order valence-electron chi connectivity index (χ1n) is 12.1. The normalized spacial score (nSPS) is 11.6. The van der Waals surface area contributed by atoms with Gasteiger partial charge in [-0.05, 0) is 36.1 Å². The van der Waals surface area contributed by atoms with Crippen LogP contribution in [-0.2, 0) is 32.6 Å². The third-order valence-corrected chi connectivity index (χ3v) is 6.39. The zero-order valence-electron chi connectivity index (χ0n) is 20.7. The second kappa shape index (κ2) is 13.3. The first-order chi connectivity index (χ1) is 18.7. The highest BCUT2D eigenvalue weighted by molar-refractivity contribution is 7.11. The van der Waals surface area contributed by atoms with Gasteiger partial charge in [0.2, 0.25) is 0 Å². The highest BCUT2D eigenvalue weighted by Gasteiger charge is 2.31. The molecule has 0 aliphatic carbocycles. The van der Waals surface area contributed by atoms with E-state index in [0.717, 1.165) is 28.5 Å². The molecule has 2 aromatic carbocycles. The van der Waals surface area contributed by atoms with E-state index in [9.17, 15) is 23.2 Å². The summed E-state index contributed by atoms with van der Waals surface area (Å²) in [7, 11) is 0. The van der Waals surface area contributed by atoms with Crippen molar-refractivity contribution in [2.75, 3.05) is 0 Å². The van der Waals surface area contributed by atoms with Crippen LogP contribution in [0.4, 0.5) is 13.2 Å². The van der Waals surface area contributed by atoms with Crippen LogP contribution in [0.15, 0.2) is 60.8 Å². The molecule has 0 radical (unpaired) electrons. The number of rotatable bonds is 13. The van der Waals surface area contributed by atoms with E-state index in [1.165, 1.54) is 29.5 Å². The standard InChI is InChI=1S/C25H26F3N7O3S/c26-25(27,28)38-20-10-6-9-19(13-20)15-35(37)17-23-32-31-22(39-23)11-4-5-12-34-16-21(30-33-34)24(36)29-14-18-7-2-1-3-8-18/h1-3,6-10,13,16,37H,4-5,11-12,14-15,17H2,(H,29,36). The molecule has 4 aromatic rings. The van der Waals surface area contributed by atoms with E-state index in [2.05, 4.69) is 30.6 Å². The van der Waals surface area contributed by atoms with Gasteiger partial charge < -0.3 is 15.3 Å². The number of nitrogens with one attached hydrogen (secondary N) is 1. The number of nitrogens with zero attached hydrogens (tertiary/aromatic N) is 6. The molecule has 0 bridgehead atoms. The average molecular weight is 562 g/mol. The van der Waals surface area contributed by atoms with E-state index < -0.39 is 6.36 Å². The minimum Gasteiger partial charge on any atom is -0.406 e. The van der Waals surface area contributed by atoms with Crippen LogP contribution in [0, 0.1) is 0 Å². The Morgan fingerprint density at radius 1 is 1.00 bits per heavy atom. The zero-order valence-corrected chi connectivity index (χ0v) is 21.5. The van der Waals surface area contributed by atoms with Crippen molar-refractivity contribution in [3.05, 3.63) is 87.6 Å². The molecule has 2 aromatic heterocycles. The summed E-state index contributed by atoms with van der Waals surface area (Å²) in [6.45, 7) is 1.07. The zero-order chi connectivity index (χ0) is 27.7. The second-order valence-electron chi connectivity index (χ2n) is 8.60. The van der Waals surface area contributed by atoms with Gasteiger partial charge in [0.15, 0.2) is 5.69 Å². The quantitative estimate of drug-likeness (QED) is 0.183. The maximum Gasteiger partial charge on any atom is 0.573 e. The van der Waals surface area contributed by atoms with Gasteiger partial charge in [0.1, 0.15) is 15.8 Å². The Morgan fingerprint density at radius 2 is 1.77 bits per heavy atom. The maximum atomic E-state index is 12.4. The largest absolute Gasteiger partial charge is 0.573 e. The molecular weight excluding hydrogens is 535 g/mol. The predicted molar refractivity (Wildman–Crippen MR) is 135 cm³/mol. The lowest BCUT2D eigenvalue weighted by atomic mass is 10.2. The number of hydroxylamine groups is 2. The number of aromatic nitrogens is 5. The van der Waals surface area contributed by atoms with Gasteiger partial charge >= 0.3 is 6.36 Å². The molecule has 0 saturated carbocycles. The average Bonchev–Trinajstić information content (AvgIpc) is 3.54. The van der Waals surface area contributed by atoms with Crippen LogP contribution in [-0.4, -0.2) is 47.7 Å². The molecule has 2 heterocycles. The fraction of sp³-hybridized carbons (Fsp3) is 0.320. The van der Waals surface area contributed by atoms with Crippen molar-refractivity contribution in [1.82, 2.24) is 35.6 Å². The summed E-state index contributed by atoms with van der Waals surface area (Å²) in [6, 6.07) is 15.0. The van der Waals surface area contributed by atoms with Crippen LogP contribution in [0.5, 0.6) is 5.75 Å². The van der Waals surface area contributed by atoms with Gasteiger partial charge in [-0.2, -0.15) is 5.06 Å². The molecule has 1 amide bonds. The number of amides is 1. The van der Waals surface area contributed by atoms with E-state index in [0.29, 0.717) is 30.1 Å². The minimum absolute atomic E-state index is 0.00581. The van der Waals surface area contributed by atoms with Crippen LogP contribution in [0.25, 0.3) is 0 Å². The van der Waals surface area contributed by atoms with E-state index in [4.69, 9.17) is 0 Å². The van der Waals surface area contributed by atoms with E-state index in [1.807, 2.05) is 30.3 Å². The van der Waals surface area contributed by atoms with Crippen LogP contribution >= 0.6 is 11.3 Å². The fourth-order valence-electron chi connectivity index (χ4n) is 3.65. The maximum absolute atomic E-state index is 12.4. The van der Waals surface area contributed by atoms with Crippen LogP contribution in [0.2, 0.25) is 0 Å². The summed E-state index contributed by atoms with van der Waals surface area (Å²) in [6.07, 6.45) is -0.897. The number of ether oxygens (including phenoxy) is 1. The molecule has 0 saturated heterocycles. The second-order valence-corrected chi connectivity index (χ2v) is 9.75. The number of unbranched alkanes of at least 4 members (excludes halogenated alkanes) is 1. The summed E-state index contributed by atoms with van der Waals surface area (Å²) < 4.78 is 42.8. The molecule has 39 heavy (non-hydrogen) atoms. The molecular formula is C25H26F3N7O3S. The molecule has 0 atom stereocenters. The molecule has 14 heteroatoms. The third kappa shape index (κ3) is 9.42. The molecule has 0 spiro atoms. The number of hydrogen-bond acceptors (Lipinski definition) is 9. The molecule has 0 fully saturated rings. The number of carbonyl (C=O) groups excluding carboxylic acids is 1. The topological polar surface area (TPSA) is 118 Å². The van der Waals surface area contributed by atoms with Crippen molar-refractivity contribution < 1.29 is 27.9 Å². The van der Waals surface area contributed by atoms with E-state index >= 15 is 0 Å². The fourth-order valence-corrected chi connectivity index (χ4v) is 4.54. The Labute approximate surface area is 226 Å². The Kier molecular flexibility index (Phi) is 9.57. The van der Waals surface area contributed by atoms with Crippen LogP contribution < -0.4 is 10.1 Å². The number of halogens is 3. The Bertz CT molecular complexity index is 1350. The first-order valence-corrected chi connectivity index (χ1v) is 12.9. The van der Waals surface area contributed by atoms with E-state index in [-0.39, 0.29) is 30.4 Å². The van der Waals surface area contributed by atoms with E-state index in [1.54, 1.807) is 16.9 Å². The van der Waals surface area contributed by atoms with Crippen molar-refractivity contribution in [2.24, 2.45) is 0 Å². The predicted octanol–water partition coefficient (Wildman–Crippen LogP) is 4.37. The summed E-state index contributed by atoms with van der Waals surface area (Å²) in [5.74, 6) is -0.633. The Balaban J connectivity index is 1.16. The molecule has 0 aliphatic heterocycles. The summed E-state index contributed by atoms with van der Waals surface area (Å²) in [5, 5.41) is 31.6. The van der Waals surface area contributed by atoms with Gasteiger partial charge in [-0.3, -0.25) is 9.48 Å². The van der Waals surface area contributed by atoms with Crippen molar-refractivity contribution in [3.63, 3.8) is 0 Å². The molecule has 0 unspecified atom stereocenters. The van der Waals surface area contributed by atoms with Gasteiger partial charge in [-0.1, -0.05) is 47.7 Å². The lowest BCUT2D eigenvalue weighted by molar-refractivity contribution is -0.274. The smallest absolute Gasteiger partial charge is 0.406 e. The molecule has 2 N–H and O–H groups in total. The lowest BCUT2D eigenvalue weighted by Crippen LogP contribution is -2.23. The van der Waals surface area contributed by atoms with Gasteiger partial charge in [0.25, 0.3) is 5.91 Å². The van der Waals surface area contributed by atoms with Crippen LogP contribution in [0.1, 0.15) is 44.5 Å². The highest BCUT2D eigenvalue weighted by Crippen LogP contribution is 2.24. The highest BCUT2D eigenvalue weighted by atomic mass is 32.1. The number of alkyl halides is 3. The monoisotopic (exact) mass is 561 g/mol. The summed E-state index contributed by atoms with van der Waals surface area (Å²) >= 11 is 1.36. The van der Waals surface area contributed by atoms with Gasteiger partial charge in [0.05, 0.1) is 12.7 Å². The number of benzene rings is 2. The first kappa shape index (κ1) is 28.1.